The van der Waals surface area contributed by atoms with Gasteiger partial charge in [-0.25, -0.2) is 4.79 Å². The molecule has 196 valence electrons. The van der Waals surface area contributed by atoms with Crippen molar-refractivity contribution in [2.75, 3.05) is 18.6 Å². The van der Waals surface area contributed by atoms with Crippen molar-refractivity contribution >= 4 is 35.5 Å². The van der Waals surface area contributed by atoms with Crippen molar-refractivity contribution in [1.29, 1.82) is 0 Å². The number of thioether (sulfide) groups is 1. The van der Waals surface area contributed by atoms with Crippen LogP contribution >= 0.6 is 11.8 Å². The molecule has 8 N–H and O–H groups in total. The molecule has 3 amide bonds. The molecule has 1 aromatic rings. The second-order valence-corrected chi connectivity index (χ2v) is 9.58. The summed E-state index contributed by atoms with van der Waals surface area (Å²) in [6.07, 6.45) is 2.32. The van der Waals surface area contributed by atoms with E-state index in [0.717, 1.165) is 0 Å². The van der Waals surface area contributed by atoms with Crippen molar-refractivity contribution in [3.8, 4) is 5.75 Å². The number of benzene rings is 1. The normalized spacial score (nSPS) is 14.5. The number of hydrogen-bond donors (Lipinski definition) is 7. The molecule has 0 aliphatic carbocycles. The maximum absolute atomic E-state index is 13.0. The quantitative estimate of drug-likeness (QED) is 0.164. The van der Waals surface area contributed by atoms with Crippen LogP contribution < -0.4 is 21.7 Å². The lowest BCUT2D eigenvalue weighted by molar-refractivity contribution is -0.142. The van der Waals surface area contributed by atoms with E-state index in [1.54, 1.807) is 12.1 Å². The zero-order chi connectivity index (χ0) is 26.5. The van der Waals surface area contributed by atoms with Gasteiger partial charge in [0.15, 0.2) is 0 Å². The van der Waals surface area contributed by atoms with Crippen LogP contribution in [-0.4, -0.2) is 81.8 Å². The molecule has 0 aliphatic rings. The van der Waals surface area contributed by atoms with Crippen LogP contribution in [0.25, 0.3) is 0 Å². The van der Waals surface area contributed by atoms with Gasteiger partial charge in [-0.3, -0.25) is 14.4 Å². The third-order valence-electron chi connectivity index (χ3n) is 5.11. The number of carbonyl (C=O) groups is 4. The van der Waals surface area contributed by atoms with Gasteiger partial charge in [0.1, 0.15) is 29.9 Å². The van der Waals surface area contributed by atoms with E-state index in [1.165, 1.54) is 23.9 Å². The number of carbonyl (C=O) groups excluding carboxylic acids is 3. The first-order chi connectivity index (χ1) is 16.5. The first-order valence-electron chi connectivity index (χ1n) is 11.3. The standard InChI is InChI=1S/C23H36N4O7S/c1-13(2)10-18(26-20(30)16(24)12-28)22(32)25-17(8-9-35-3)21(31)27-19(23(33)34)11-14-4-6-15(29)7-5-14/h4-7,13,16-19,28-29H,8-12,24H2,1-3H3,(H,25,32)(H,26,30)(H,27,31)(H,33,34). The van der Waals surface area contributed by atoms with E-state index in [-0.39, 0.29) is 30.9 Å². The van der Waals surface area contributed by atoms with Crippen molar-refractivity contribution in [2.24, 2.45) is 11.7 Å². The summed E-state index contributed by atoms with van der Waals surface area (Å²) in [5.41, 5.74) is 6.13. The number of aliphatic carboxylic acids is 1. The molecular formula is C23H36N4O7S. The van der Waals surface area contributed by atoms with Gasteiger partial charge in [-0.05, 0) is 48.5 Å². The summed E-state index contributed by atoms with van der Waals surface area (Å²) in [5.74, 6) is -2.64. The van der Waals surface area contributed by atoms with E-state index in [4.69, 9.17) is 10.8 Å². The van der Waals surface area contributed by atoms with Gasteiger partial charge in [-0.1, -0.05) is 26.0 Å². The van der Waals surface area contributed by atoms with E-state index >= 15 is 0 Å². The van der Waals surface area contributed by atoms with Crippen molar-refractivity contribution in [1.82, 2.24) is 16.0 Å². The number of carboxylic acid groups (broad SMARTS) is 1. The van der Waals surface area contributed by atoms with Gasteiger partial charge in [0.25, 0.3) is 0 Å². The van der Waals surface area contributed by atoms with E-state index in [1.807, 2.05) is 20.1 Å². The summed E-state index contributed by atoms with van der Waals surface area (Å²) >= 11 is 1.45. The maximum Gasteiger partial charge on any atom is 0.326 e. The van der Waals surface area contributed by atoms with E-state index in [0.29, 0.717) is 11.3 Å². The van der Waals surface area contributed by atoms with E-state index < -0.39 is 54.5 Å². The van der Waals surface area contributed by atoms with Crippen LogP contribution in [0.2, 0.25) is 0 Å². The van der Waals surface area contributed by atoms with Gasteiger partial charge in [0.2, 0.25) is 17.7 Å². The molecule has 4 atom stereocenters. The second kappa shape index (κ2) is 15.2. The summed E-state index contributed by atoms with van der Waals surface area (Å²) in [6, 6.07) is 1.49. The third-order valence-corrected chi connectivity index (χ3v) is 5.75. The molecule has 0 saturated carbocycles. The second-order valence-electron chi connectivity index (χ2n) is 8.59. The van der Waals surface area contributed by atoms with Crippen LogP contribution in [-0.2, 0) is 25.6 Å². The fourth-order valence-electron chi connectivity index (χ4n) is 3.18. The van der Waals surface area contributed by atoms with Crippen LogP contribution in [0, 0.1) is 5.92 Å². The molecule has 11 nitrogen and oxygen atoms in total. The van der Waals surface area contributed by atoms with Crippen LogP contribution in [0.5, 0.6) is 5.75 Å². The molecule has 0 radical (unpaired) electrons. The van der Waals surface area contributed by atoms with Crippen molar-refractivity contribution in [3.63, 3.8) is 0 Å². The predicted octanol–water partition coefficient (Wildman–Crippen LogP) is -0.407. The molecule has 1 aromatic carbocycles. The number of nitrogens with one attached hydrogen (secondary N) is 3. The summed E-state index contributed by atoms with van der Waals surface area (Å²) in [5, 5.41) is 35.7. The largest absolute Gasteiger partial charge is 0.508 e. The highest BCUT2D eigenvalue weighted by molar-refractivity contribution is 7.98. The van der Waals surface area contributed by atoms with E-state index in [2.05, 4.69) is 16.0 Å². The number of phenols is 1. The lowest BCUT2D eigenvalue weighted by atomic mass is 10.0. The smallest absolute Gasteiger partial charge is 0.326 e. The molecule has 1 rings (SSSR count). The first kappa shape index (κ1) is 30.2. The number of aliphatic hydroxyl groups excluding tert-OH is 1. The summed E-state index contributed by atoms with van der Waals surface area (Å²) in [4.78, 5) is 49.9. The highest BCUT2D eigenvalue weighted by Crippen LogP contribution is 2.12. The molecule has 35 heavy (non-hydrogen) atoms. The highest BCUT2D eigenvalue weighted by atomic mass is 32.2. The zero-order valence-corrected chi connectivity index (χ0v) is 21.0. The molecule has 0 aromatic heterocycles. The number of aliphatic hydroxyl groups is 1. The summed E-state index contributed by atoms with van der Waals surface area (Å²) in [6.45, 7) is 3.13. The van der Waals surface area contributed by atoms with Crippen molar-refractivity contribution < 1.29 is 34.5 Å². The van der Waals surface area contributed by atoms with E-state index in [9.17, 15) is 29.4 Å². The molecule has 4 unspecified atom stereocenters. The van der Waals surface area contributed by atoms with Gasteiger partial charge < -0.3 is 37.0 Å². The SMILES string of the molecule is CSCCC(NC(=O)C(CC(C)C)NC(=O)C(N)CO)C(=O)NC(Cc1ccc(O)cc1)C(=O)O. The number of rotatable bonds is 15. The van der Waals surface area contributed by atoms with Gasteiger partial charge in [-0.2, -0.15) is 11.8 Å². The maximum atomic E-state index is 13.0. The Labute approximate surface area is 209 Å². The van der Waals surface area contributed by atoms with Crippen molar-refractivity contribution in [3.05, 3.63) is 29.8 Å². The molecule has 0 saturated heterocycles. The molecule has 0 spiro atoms. The lowest BCUT2D eigenvalue weighted by Gasteiger charge is -2.26. The van der Waals surface area contributed by atoms with Gasteiger partial charge in [0.05, 0.1) is 6.61 Å². The van der Waals surface area contributed by atoms with Crippen molar-refractivity contribution in [2.45, 2.75) is 57.3 Å². The Kier molecular flexibility index (Phi) is 13.1. The average molecular weight is 513 g/mol. The number of amides is 3. The number of hydrogen-bond acceptors (Lipinski definition) is 8. The van der Waals surface area contributed by atoms with Crippen LogP contribution in [0.1, 0.15) is 32.3 Å². The predicted molar refractivity (Wildman–Crippen MR) is 133 cm³/mol. The van der Waals surface area contributed by atoms with Gasteiger partial charge in [-0.15, -0.1) is 0 Å². The minimum absolute atomic E-state index is 0.0182. The molecule has 12 heteroatoms. The molecule has 0 aliphatic heterocycles. The average Bonchev–Trinajstić information content (AvgIpc) is 2.80. The summed E-state index contributed by atoms with van der Waals surface area (Å²) < 4.78 is 0. The van der Waals surface area contributed by atoms with Gasteiger partial charge >= 0.3 is 5.97 Å². The molecule has 0 fully saturated rings. The Hall–Kier alpha value is -2.83. The molecular weight excluding hydrogens is 476 g/mol. The summed E-state index contributed by atoms with van der Waals surface area (Å²) in [7, 11) is 0. The molecule has 0 heterocycles. The Balaban J connectivity index is 2.98. The Morgan fingerprint density at radius 2 is 1.49 bits per heavy atom. The third kappa shape index (κ3) is 11.0. The lowest BCUT2D eigenvalue weighted by Crippen LogP contribution is -2.58. The van der Waals surface area contributed by atoms with Crippen LogP contribution in [0.4, 0.5) is 0 Å². The minimum atomic E-state index is -1.26. The molecule has 0 bridgehead atoms. The number of carboxylic acids is 1. The Bertz CT molecular complexity index is 851. The highest BCUT2D eigenvalue weighted by Gasteiger charge is 2.30. The monoisotopic (exact) mass is 512 g/mol. The minimum Gasteiger partial charge on any atom is -0.508 e. The van der Waals surface area contributed by atoms with Crippen LogP contribution in [0.3, 0.4) is 0 Å². The zero-order valence-electron chi connectivity index (χ0n) is 20.2. The topological polar surface area (TPSA) is 191 Å². The van der Waals surface area contributed by atoms with Gasteiger partial charge in [0, 0.05) is 6.42 Å². The number of aromatic hydroxyl groups is 1. The first-order valence-corrected chi connectivity index (χ1v) is 12.6. The fourth-order valence-corrected chi connectivity index (χ4v) is 3.65. The Morgan fingerprint density at radius 3 is 2.00 bits per heavy atom. The Morgan fingerprint density at radius 1 is 0.943 bits per heavy atom. The number of nitrogens with two attached hydrogens (primary N) is 1. The number of phenolic OH excluding ortho intramolecular Hbond substituents is 1. The fraction of sp³-hybridized carbons (Fsp3) is 0.565. The van der Waals surface area contributed by atoms with Crippen LogP contribution in [0.15, 0.2) is 24.3 Å².